The molecule has 0 amide bonds. The molecule has 6 nitrogen and oxygen atoms in total. The van der Waals surface area contributed by atoms with Gasteiger partial charge in [0.2, 0.25) is 5.88 Å². The molecule has 4 aromatic rings. The number of hydrogen-bond acceptors (Lipinski definition) is 4. The predicted molar refractivity (Wildman–Crippen MR) is 140 cm³/mol. The Kier molecular flexibility index (Phi) is 7.41. The quantitative estimate of drug-likeness (QED) is 0.359. The number of nitrogens with zero attached hydrogens (tertiary/aromatic N) is 2. The van der Waals surface area contributed by atoms with Crippen molar-refractivity contribution < 1.29 is 5.11 Å². The van der Waals surface area contributed by atoms with Gasteiger partial charge in [0.05, 0.1) is 11.4 Å². The molecular weight excluding hydrogens is 438 g/mol. The van der Waals surface area contributed by atoms with Gasteiger partial charge < -0.3 is 5.11 Å². The van der Waals surface area contributed by atoms with Gasteiger partial charge >= 0.3 is 5.69 Å². The fraction of sp³-hybridized carbons (Fsp3) is 0.207. The van der Waals surface area contributed by atoms with Crippen molar-refractivity contribution in [3.63, 3.8) is 0 Å². The van der Waals surface area contributed by atoms with Crippen LogP contribution in [-0.2, 0) is 0 Å². The first-order valence-corrected chi connectivity index (χ1v) is 11.8. The molecule has 1 heterocycles. The molecule has 0 saturated heterocycles. The lowest BCUT2D eigenvalue weighted by Crippen LogP contribution is -2.33. The monoisotopic (exact) mass is 467 g/mol. The molecular formula is C29H29N3O3. The Morgan fingerprint density at radius 1 is 0.914 bits per heavy atom. The lowest BCUT2D eigenvalue weighted by Gasteiger charge is -2.18. The second-order valence-corrected chi connectivity index (χ2v) is 8.47. The van der Waals surface area contributed by atoms with Crippen LogP contribution in [0.4, 0.5) is 0 Å². The highest BCUT2D eigenvalue weighted by Gasteiger charge is 2.20. The van der Waals surface area contributed by atoms with Crippen LogP contribution in [0.5, 0.6) is 5.88 Å². The SMILES string of the molecule is CCC(=NCCC(c1ccccc1)c1ccccc1)c1c(O)n(-c2ccc(C)cc2)c(=O)[nH]c1=O. The van der Waals surface area contributed by atoms with E-state index >= 15 is 0 Å². The molecule has 4 rings (SSSR count). The van der Waals surface area contributed by atoms with Crippen LogP contribution >= 0.6 is 0 Å². The molecule has 0 radical (unpaired) electrons. The summed E-state index contributed by atoms with van der Waals surface area (Å²) in [6.45, 7) is 4.27. The van der Waals surface area contributed by atoms with Crippen molar-refractivity contribution in [2.45, 2.75) is 32.6 Å². The fourth-order valence-electron chi connectivity index (χ4n) is 4.31. The van der Waals surface area contributed by atoms with E-state index in [0.29, 0.717) is 24.4 Å². The van der Waals surface area contributed by atoms with E-state index < -0.39 is 17.1 Å². The summed E-state index contributed by atoms with van der Waals surface area (Å²) in [6, 6.07) is 27.7. The number of aromatic hydroxyl groups is 1. The number of benzene rings is 3. The normalized spacial score (nSPS) is 11.7. The second kappa shape index (κ2) is 10.8. The van der Waals surface area contributed by atoms with Gasteiger partial charge in [-0.2, -0.15) is 0 Å². The Hall–Kier alpha value is -4.19. The van der Waals surface area contributed by atoms with Gasteiger partial charge in [-0.1, -0.05) is 85.3 Å². The molecule has 178 valence electrons. The molecule has 0 bridgehead atoms. The third kappa shape index (κ3) is 5.32. The second-order valence-electron chi connectivity index (χ2n) is 8.47. The van der Waals surface area contributed by atoms with Gasteiger partial charge in [-0.3, -0.25) is 14.8 Å². The van der Waals surface area contributed by atoms with Crippen LogP contribution in [-0.4, -0.2) is 26.9 Å². The highest BCUT2D eigenvalue weighted by atomic mass is 16.3. The van der Waals surface area contributed by atoms with Crippen molar-refractivity contribution in [2.24, 2.45) is 4.99 Å². The van der Waals surface area contributed by atoms with Crippen molar-refractivity contribution in [2.75, 3.05) is 6.54 Å². The Morgan fingerprint density at radius 2 is 1.49 bits per heavy atom. The number of aliphatic imine (C=N–C) groups is 1. The molecule has 0 aliphatic rings. The maximum absolute atomic E-state index is 12.7. The third-order valence-electron chi connectivity index (χ3n) is 6.13. The summed E-state index contributed by atoms with van der Waals surface area (Å²) in [4.78, 5) is 32.3. The van der Waals surface area contributed by atoms with E-state index in [1.807, 2.05) is 62.4 Å². The van der Waals surface area contributed by atoms with Crippen LogP contribution < -0.4 is 11.2 Å². The smallest absolute Gasteiger partial charge is 0.335 e. The van der Waals surface area contributed by atoms with Crippen molar-refractivity contribution in [3.05, 3.63) is 128 Å². The van der Waals surface area contributed by atoms with Crippen LogP contribution in [0.2, 0.25) is 0 Å². The molecule has 3 aromatic carbocycles. The highest BCUT2D eigenvalue weighted by molar-refractivity contribution is 6.02. The summed E-state index contributed by atoms with van der Waals surface area (Å²) >= 11 is 0. The summed E-state index contributed by atoms with van der Waals surface area (Å²) in [5.74, 6) is -0.251. The molecule has 0 spiro atoms. The zero-order chi connectivity index (χ0) is 24.8. The molecule has 2 N–H and O–H groups in total. The summed E-state index contributed by atoms with van der Waals surface area (Å²) in [7, 11) is 0. The van der Waals surface area contributed by atoms with Crippen molar-refractivity contribution in [1.29, 1.82) is 0 Å². The standard InChI is InChI=1S/C29H29N3O3/c1-3-25(26-27(33)31-29(35)32(28(26)34)23-16-14-20(2)15-17-23)30-19-18-24(21-10-6-4-7-11-21)22-12-8-5-9-13-22/h4-17,24,34H,3,18-19H2,1-2H3,(H,31,33,35). The number of H-pyrrole nitrogens is 1. The van der Waals surface area contributed by atoms with Crippen LogP contribution in [0, 0.1) is 6.92 Å². The topological polar surface area (TPSA) is 87.4 Å². The predicted octanol–water partition coefficient (Wildman–Crippen LogP) is 4.96. The number of aromatic nitrogens is 2. The average molecular weight is 468 g/mol. The summed E-state index contributed by atoms with van der Waals surface area (Å²) in [6.07, 6.45) is 1.16. The van der Waals surface area contributed by atoms with E-state index in [0.717, 1.165) is 16.6 Å². The van der Waals surface area contributed by atoms with Crippen molar-refractivity contribution >= 4 is 5.71 Å². The molecule has 6 heteroatoms. The Balaban J connectivity index is 1.68. The number of aromatic amines is 1. The zero-order valence-electron chi connectivity index (χ0n) is 19.9. The van der Waals surface area contributed by atoms with Crippen LogP contribution in [0.25, 0.3) is 5.69 Å². The summed E-state index contributed by atoms with van der Waals surface area (Å²) < 4.78 is 1.11. The number of aryl methyl sites for hydroxylation is 1. The van der Waals surface area contributed by atoms with Crippen LogP contribution in [0.15, 0.2) is 99.5 Å². The van der Waals surface area contributed by atoms with E-state index in [9.17, 15) is 14.7 Å². The molecule has 0 unspecified atom stereocenters. The first-order chi connectivity index (χ1) is 17.0. The summed E-state index contributed by atoms with van der Waals surface area (Å²) in [5, 5.41) is 11.0. The molecule has 35 heavy (non-hydrogen) atoms. The third-order valence-corrected chi connectivity index (χ3v) is 6.13. The maximum atomic E-state index is 12.7. The summed E-state index contributed by atoms with van der Waals surface area (Å²) in [5.41, 5.74) is 3.05. The van der Waals surface area contributed by atoms with Crippen LogP contribution in [0.1, 0.15) is 47.9 Å². The number of nitrogens with one attached hydrogen (secondary N) is 1. The first-order valence-electron chi connectivity index (χ1n) is 11.8. The lowest BCUT2D eigenvalue weighted by molar-refractivity contribution is 0.429. The maximum Gasteiger partial charge on any atom is 0.335 e. The van der Waals surface area contributed by atoms with Gasteiger partial charge in [0, 0.05) is 12.5 Å². The van der Waals surface area contributed by atoms with E-state index in [-0.39, 0.29) is 11.5 Å². The average Bonchev–Trinajstić information content (AvgIpc) is 2.87. The molecule has 1 aromatic heterocycles. The fourth-order valence-corrected chi connectivity index (χ4v) is 4.31. The minimum absolute atomic E-state index is 0.0312. The minimum atomic E-state index is -0.691. The van der Waals surface area contributed by atoms with Gasteiger partial charge in [-0.25, -0.2) is 9.36 Å². The first kappa shape index (κ1) is 24.0. The Labute approximate surface area is 204 Å². The largest absolute Gasteiger partial charge is 0.493 e. The molecule has 0 aliphatic carbocycles. The highest BCUT2D eigenvalue weighted by Crippen LogP contribution is 2.28. The van der Waals surface area contributed by atoms with Gasteiger partial charge in [-0.05, 0) is 43.0 Å². The molecule has 0 saturated carbocycles. The van der Waals surface area contributed by atoms with Gasteiger partial charge in [0.25, 0.3) is 5.56 Å². The number of hydrogen-bond donors (Lipinski definition) is 2. The van der Waals surface area contributed by atoms with Crippen molar-refractivity contribution in [1.82, 2.24) is 9.55 Å². The van der Waals surface area contributed by atoms with Gasteiger partial charge in [0.1, 0.15) is 5.56 Å². The zero-order valence-corrected chi connectivity index (χ0v) is 19.9. The molecule has 0 fully saturated rings. The van der Waals surface area contributed by atoms with Gasteiger partial charge in [0.15, 0.2) is 0 Å². The Bertz CT molecular complexity index is 1380. The van der Waals surface area contributed by atoms with Crippen LogP contribution in [0.3, 0.4) is 0 Å². The van der Waals surface area contributed by atoms with E-state index in [1.54, 1.807) is 12.1 Å². The van der Waals surface area contributed by atoms with E-state index in [1.165, 1.54) is 11.1 Å². The van der Waals surface area contributed by atoms with Gasteiger partial charge in [-0.15, -0.1) is 0 Å². The molecule has 0 atom stereocenters. The van der Waals surface area contributed by atoms with E-state index in [2.05, 4.69) is 29.2 Å². The minimum Gasteiger partial charge on any atom is -0.493 e. The number of rotatable bonds is 8. The molecule has 0 aliphatic heterocycles. The Morgan fingerprint density at radius 3 is 2.03 bits per heavy atom. The van der Waals surface area contributed by atoms with E-state index in [4.69, 9.17) is 4.99 Å². The van der Waals surface area contributed by atoms with Crippen molar-refractivity contribution in [3.8, 4) is 11.6 Å². The lowest BCUT2D eigenvalue weighted by atomic mass is 9.88.